The van der Waals surface area contributed by atoms with E-state index in [-0.39, 0.29) is 6.54 Å². The van der Waals surface area contributed by atoms with Gasteiger partial charge in [-0.05, 0) is 36.6 Å². The van der Waals surface area contributed by atoms with E-state index in [9.17, 15) is 18.4 Å². The minimum Gasteiger partial charge on any atom is -0.383 e. The Labute approximate surface area is 167 Å². The van der Waals surface area contributed by atoms with E-state index in [4.69, 9.17) is 5.73 Å². The van der Waals surface area contributed by atoms with Crippen LogP contribution in [0.15, 0.2) is 30.6 Å². The van der Waals surface area contributed by atoms with Crippen LogP contribution >= 0.6 is 0 Å². The second-order valence-electron chi connectivity index (χ2n) is 7.13. The number of piperidine rings is 1. The molecule has 0 unspecified atom stereocenters. The summed E-state index contributed by atoms with van der Waals surface area (Å²) in [6.07, 6.45) is 2.38. The summed E-state index contributed by atoms with van der Waals surface area (Å²) in [4.78, 5) is 34.6. The second-order valence-corrected chi connectivity index (χ2v) is 7.13. The van der Waals surface area contributed by atoms with E-state index >= 15 is 0 Å². The molecule has 7 nitrogen and oxygen atoms in total. The van der Waals surface area contributed by atoms with Crippen LogP contribution in [0.2, 0.25) is 0 Å². The average molecular weight is 403 g/mol. The molecule has 0 spiro atoms. The number of carbonyl (C=O) groups excluding carboxylic acids is 2. The summed E-state index contributed by atoms with van der Waals surface area (Å²) in [7, 11) is 0. The maximum atomic E-state index is 14.0. The normalized spacial score (nSPS) is 18.3. The molecule has 2 amide bonds. The largest absolute Gasteiger partial charge is 0.383 e. The number of hydrogen-bond acceptors (Lipinski definition) is 5. The number of nitrogen functional groups attached to an aromatic ring is 1. The van der Waals surface area contributed by atoms with Gasteiger partial charge in [0.1, 0.15) is 5.82 Å². The van der Waals surface area contributed by atoms with Gasteiger partial charge in [-0.3, -0.25) is 14.6 Å². The first-order valence-electron chi connectivity index (χ1n) is 9.37. The number of alkyl halides is 2. The van der Waals surface area contributed by atoms with E-state index in [0.717, 1.165) is 11.3 Å². The van der Waals surface area contributed by atoms with E-state index in [2.05, 4.69) is 15.3 Å². The molecule has 3 rings (SSSR count). The van der Waals surface area contributed by atoms with Gasteiger partial charge in [-0.15, -0.1) is 0 Å². The van der Waals surface area contributed by atoms with E-state index in [1.165, 1.54) is 17.3 Å². The van der Waals surface area contributed by atoms with Gasteiger partial charge in [0.05, 0.1) is 17.9 Å². The van der Waals surface area contributed by atoms with Gasteiger partial charge in [-0.25, -0.2) is 13.8 Å². The SMILES string of the molecule is CCc1cc(NC(=O)C(=O)N2CCC(F)(F)C[C@H]2c2ccc(C)nc2)cnc1N. The fourth-order valence-electron chi connectivity index (χ4n) is 3.34. The summed E-state index contributed by atoms with van der Waals surface area (Å²) in [5.74, 6) is -4.35. The van der Waals surface area contributed by atoms with Crippen LogP contribution in [0.3, 0.4) is 0 Å². The van der Waals surface area contributed by atoms with Crippen molar-refractivity contribution in [2.75, 3.05) is 17.6 Å². The molecule has 3 heterocycles. The number of amides is 2. The zero-order valence-electron chi connectivity index (χ0n) is 16.3. The standard InChI is InChI=1S/C20H23F2N5O2/c1-3-13-8-15(11-25-17(13)23)26-18(28)19(29)27-7-6-20(21,22)9-16(27)14-5-4-12(2)24-10-14/h4-5,8,10-11,16H,3,6-7,9H2,1-2H3,(H2,23,25)(H,26,28)/t16-/m0/s1. The zero-order valence-corrected chi connectivity index (χ0v) is 16.3. The first kappa shape index (κ1) is 20.6. The Balaban J connectivity index is 1.81. The summed E-state index contributed by atoms with van der Waals surface area (Å²) < 4.78 is 28.1. The van der Waals surface area contributed by atoms with Crippen molar-refractivity contribution in [3.63, 3.8) is 0 Å². The van der Waals surface area contributed by atoms with Crippen LogP contribution in [0.25, 0.3) is 0 Å². The van der Waals surface area contributed by atoms with Crippen molar-refractivity contribution in [2.45, 2.75) is 45.1 Å². The quantitative estimate of drug-likeness (QED) is 0.768. The topological polar surface area (TPSA) is 101 Å². The van der Waals surface area contributed by atoms with Crippen molar-refractivity contribution in [1.82, 2.24) is 14.9 Å². The molecule has 2 aromatic heterocycles. The van der Waals surface area contributed by atoms with Crippen molar-refractivity contribution < 1.29 is 18.4 Å². The van der Waals surface area contributed by atoms with Crippen LogP contribution in [-0.2, 0) is 16.0 Å². The Bertz CT molecular complexity index is 918. The molecule has 1 aliphatic rings. The van der Waals surface area contributed by atoms with Gasteiger partial charge in [0.15, 0.2) is 0 Å². The molecule has 154 valence electrons. The predicted octanol–water partition coefficient (Wildman–Crippen LogP) is 2.87. The number of aromatic nitrogens is 2. The number of aryl methyl sites for hydroxylation is 2. The predicted molar refractivity (Wildman–Crippen MR) is 104 cm³/mol. The van der Waals surface area contributed by atoms with Gasteiger partial charge < -0.3 is 16.0 Å². The smallest absolute Gasteiger partial charge is 0.313 e. The highest BCUT2D eigenvalue weighted by Crippen LogP contribution is 2.39. The number of rotatable bonds is 3. The highest BCUT2D eigenvalue weighted by atomic mass is 19.3. The molecule has 1 atom stereocenters. The number of likely N-dealkylation sites (tertiary alicyclic amines) is 1. The number of anilines is 2. The summed E-state index contributed by atoms with van der Waals surface area (Å²) in [5, 5.41) is 2.49. The van der Waals surface area contributed by atoms with Crippen molar-refractivity contribution >= 4 is 23.3 Å². The molecule has 3 N–H and O–H groups in total. The molecule has 1 saturated heterocycles. The molecule has 2 aromatic rings. The van der Waals surface area contributed by atoms with E-state index in [1.54, 1.807) is 25.1 Å². The van der Waals surface area contributed by atoms with Crippen LogP contribution in [-0.4, -0.2) is 39.1 Å². The van der Waals surface area contributed by atoms with Gasteiger partial charge in [-0.2, -0.15) is 0 Å². The molecule has 0 radical (unpaired) electrons. The Morgan fingerprint density at radius 1 is 1.31 bits per heavy atom. The molecule has 0 aliphatic carbocycles. The van der Waals surface area contributed by atoms with Crippen molar-refractivity contribution in [1.29, 1.82) is 0 Å². The number of nitrogens with zero attached hydrogens (tertiary/aromatic N) is 3. The molecule has 0 saturated carbocycles. The summed E-state index contributed by atoms with van der Waals surface area (Å²) in [5.41, 5.74) is 8.01. The Kier molecular flexibility index (Phi) is 5.76. The van der Waals surface area contributed by atoms with E-state index in [1.807, 2.05) is 6.92 Å². The van der Waals surface area contributed by atoms with Gasteiger partial charge in [0.25, 0.3) is 5.92 Å². The fraction of sp³-hybridized carbons (Fsp3) is 0.400. The van der Waals surface area contributed by atoms with Crippen LogP contribution in [0.1, 0.15) is 42.6 Å². The average Bonchev–Trinajstić information content (AvgIpc) is 2.68. The minimum absolute atomic E-state index is 0.224. The van der Waals surface area contributed by atoms with Crippen LogP contribution < -0.4 is 11.1 Å². The number of hydrogen-bond donors (Lipinski definition) is 2. The van der Waals surface area contributed by atoms with Crippen molar-refractivity contribution in [2.24, 2.45) is 0 Å². The Hall–Kier alpha value is -3.10. The lowest BCUT2D eigenvalue weighted by molar-refractivity contribution is -0.151. The van der Waals surface area contributed by atoms with E-state index < -0.39 is 36.6 Å². The molecular weight excluding hydrogens is 380 g/mol. The lowest BCUT2D eigenvalue weighted by Crippen LogP contribution is -2.48. The lowest BCUT2D eigenvalue weighted by atomic mass is 9.93. The number of pyridine rings is 2. The Morgan fingerprint density at radius 2 is 2.07 bits per heavy atom. The first-order chi connectivity index (χ1) is 13.7. The van der Waals surface area contributed by atoms with Gasteiger partial charge in [0.2, 0.25) is 0 Å². The van der Waals surface area contributed by atoms with Crippen molar-refractivity contribution in [3.05, 3.63) is 47.4 Å². The molecular formula is C20H23F2N5O2. The second kappa shape index (κ2) is 8.10. The van der Waals surface area contributed by atoms with Crippen LogP contribution in [0.5, 0.6) is 0 Å². The minimum atomic E-state index is -2.92. The van der Waals surface area contributed by atoms with Crippen LogP contribution in [0.4, 0.5) is 20.3 Å². The monoisotopic (exact) mass is 403 g/mol. The third-order valence-electron chi connectivity index (χ3n) is 5.00. The highest BCUT2D eigenvalue weighted by molar-refractivity contribution is 6.39. The molecule has 29 heavy (non-hydrogen) atoms. The Morgan fingerprint density at radius 3 is 2.72 bits per heavy atom. The third kappa shape index (κ3) is 4.67. The van der Waals surface area contributed by atoms with Gasteiger partial charge >= 0.3 is 11.8 Å². The number of carbonyl (C=O) groups is 2. The summed E-state index contributed by atoms with van der Waals surface area (Å²) >= 11 is 0. The maximum Gasteiger partial charge on any atom is 0.313 e. The molecule has 9 heteroatoms. The summed E-state index contributed by atoms with van der Waals surface area (Å²) in [6, 6.07) is 4.06. The van der Waals surface area contributed by atoms with E-state index in [0.29, 0.717) is 23.5 Å². The van der Waals surface area contributed by atoms with Gasteiger partial charge in [0, 0.05) is 31.3 Å². The molecule has 0 aromatic carbocycles. The van der Waals surface area contributed by atoms with Crippen LogP contribution in [0, 0.1) is 6.92 Å². The zero-order chi connectivity index (χ0) is 21.2. The maximum absolute atomic E-state index is 14.0. The van der Waals surface area contributed by atoms with Crippen molar-refractivity contribution in [3.8, 4) is 0 Å². The lowest BCUT2D eigenvalue weighted by Gasteiger charge is -2.39. The molecule has 1 aliphatic heterocycles. The number of halogens is 2. The molecule has 0 bridgehead atoms. The number of nitrogens with two attached hydrogens (primary N) is 1. The summed E-state index contributed by atoms with van der Waals surface area (Å²) in [6.45, 7) is 3.44. The molecule has 1 fully saturated rings. The van der Waals surface area contributed by atoms with Gasteiger partial charge in [-0.1, -0.05) is 13.0 Å². The first-order valence-corrected chi connectivity index (χ1v) is 9.37. The third-order valence-corrected chi connectivity index (χ3v) is 5.00. The fourth-order valence-corrected chi connectivity index (χ4v) is 3.34. The highest BCUT2D eigenvalue weighted by Gasteiger charge is 2.44. The number of nitrogens with one attached hydrogen (secondary N) is 1.